The standard InChI is InChI=1S/C16H26ClN3/c1-19(2)15-7-4-9-20(12-15)10-8-16(18)13-5-3-6-14(17)11-13/h3,5-6,11,15-16H,4,7-10,12,18H2,1-2H3. The van der Waals surface area contributed by atoms with Crippen molar-refractivity contribution in [2.45, 2.75) is 31.3 Å². The van der Waals surface area contributed by atoms with Crippen LogP contribution in [0.15, 0.2) is 24.3 Å². The van der Waals surface area contributed by atoms with Gasteiger partial charge in [-0.05, 0) is 64.1 Å². The summed E-state index contributed by atoms with van der Waals surface area (Å²) in [6, 6.07) is 8.67. The predicted octanol–water partition coefficient (Wildman–Crippen LogP) is 2.76. The molecule has 1 heterocycles. The molecule has 1 aliphatic rings. The summed E-state index contributed by atoms with van der Waals surface area (Å²) in [5.74, 6) is 0. The minimum atomic E-state index is 0.0773. The lowest BCUT2D eigenvalue weighted by Gasteiger charge is -2.36. The molecule has 0 radical (unpaired) electrons. The maximum Gasteiger partial charge on any atom is 0.0409 e. The molecule has 1 aromatic rings. The highest BCUT2D eigenvalue weighted by Gasteiger charge is 2.21. The van der Waals surface area contributed by atoms with Gasteiger partial charge in [-0.3, -0.25) is 0 Å². The number of nitrogens with two attached hydrogens (primary N) is 1. The summed E-state index contributed by atoms with van der Waals surface area (Å²) >= 11 is 6.02. The highest BCUT2D eigenvalue weighted by molar-refractivity contribution is 6.30. The Labute approximate surface area is 127 Å². The van der Waals surface area contributed by atoms with Gasteiger partial charge in [0.1, 0.15) is 0 Å². The Morgan fingerprint density at radius 3 is 2.95 bits per heavy atom. The molecule has 1 fully saturated rings. The van der Waals surface area contributed by atoms with Crippen LogP contribution in [0.25, 0.3) is 0 Å². The van der Waals surface area contributed by atoms with E-state index in [1.54, 1.807) is 0 Å². The maximum absolute atomic E-state index is 6.28. The van der Waals surface area contributed by atoms with Crippen molar-refractivity contribution in [2.24, 2.45) is 5.73 Å². The third-order valence-electron chi connectivity index (χ3n) is 4.24. The van der Waals surface area contributed by atoms with Gasteiger partial charge in [0.25, 0.3) is 0 Å². The number of nitrogens with zero attached hydrogens (tertiary/aromatic N) is 2. The molecule has 2 atom stereocenters. The molecule has 0 aromatic heterocycles. The van der Waals surface area contributed by atoms with Crippen LogP contribution in [0.2, 0.25) is 5.02 Å². The molecule has 2 unspecified atom stereocenters. The summed E-state index contributed by atoms with van der Waals surface area (Å²) in [5, 5.41) is 0.767. The SMILES string of the molecule is CN(C)C1CCCN(CCC(N)c2cccc(Cl)c2)C1. The van der Waals surface area contributed by atoms with Crippen molar-refractivity contribution in [1.82, 2.24) is 9.80 Å². The van der Waals surface area contributed by atoms with Gasteiger partial charge in [-0.25, -0.2) is 0 Å². The molecule has 1 aromatic carbocycles. The topological polar surface area (TPSA) is 32.5 Å². The van der Waals surface area contributed by atoms with Gasteiger partial charge in [0.15, 0.2) is 0 Å². The number of likely N-dealkylation sites (tertiary alicyclic amines) is 1. The average Bonchev–Trinajstić information content (AvgIpc) is 2.45. The van der Waals surface area contributed by atoms with E-state index in [-0.39, 0.29) is 6.04 Å². The van der Waals surface area contributed by atoms with E-state index in [4.69, 9.17) is 17.3 Å². The van der Waals surface area contributed by atoms with Crippen LogP contribution in [-0.2, 0) is 0 Å². The molecular formula is C16H26ClN3. The van der Waals surface area contributed by atoms with Gasteiger partial charge in [0.2, 0.25) is 0 Å². The Hall–Kier alpha value is -0.610. The van der Waals surface area contributed by atoms with E-state index in [9.17, 15) is 0 Å². The van der Waals surface area contributed by atoms with Crippen molar-refractivity contribution in [3.05, 3.63) is 34.9 Å². The molecule has 4 heteroatoms. The molecule has 2 rings (SSSR count). The third kappa shape index (κ3) is 4.45. The second-order valence-electron chi connectivity index (χ2n) is 6.01. The Morgan fingerprint density at radius 2 is 2.25 bits per heavy atom. The minimum Gasteiger partial charge on any atom is -0.324 e. The molecule has 0 spiro atoms. The van der Waals surface area contributed by atoms with Gasteiger partial charge in [0, 0.05) is 23.7 Å². The number of hydrogen-bond acceptors (Lipinski definition) is 3. The second-order valence-corrected chi connectivity index (χ2v) is 6.45. The molecule has 3 nitrogen and oxygen atoms in total. The van der Waals surface area contributed by atoms with Crippen LogP contribution in [0.3, 0.4) is 0 Å². The highest BCUT2D eigenvalue weighted by Crippen LogP contribution is 2.20. The molecule has 0 amide bonds. The van der Waals surface area contributed by atoms with E-state index in [0.717, 1.165) is 30.1 Å². The maximum atomic E-state index is 6.28. The van der Waals surface area contributed by atoms with Crippen LogP contribution in [-0.4, -0.2) is 49.6 Å². The van der Waals surface area contributed by atoms with E-state index >= 15 is 0 Å². The number of benzene rings is 1. The van der Waals surface area contributed by atoms with E-state index in [0.29, 0.717) is 6.04 Å². The zero-order chi connectivity index (χ0) is 14.5. The normalized spacial score (nSPS) is 22.1. The van der Waals surface area contributed by atoms with Crippen LogP contribution < -0.4 is 5.73 Å². The fraction of sp³-hybridized carbons (Fsp3) is 0.625. The van der Waals surface area contributed by atoms with Crippen molar-refractivity contribution in [2.75, 3.05) is 33.7 Å². The van der Waals surface area contributed by atoms with Gasteiger partial charge in [0.05, 0.1) is 0 Å². The molecule has 20 heavy (non-hydrogen) atoms. The molecule has 112 valence electrons. The van der Waals surface area contributed by atoms with Crippen LogP contribution in [0, 0.1) is 0 Å². The first kappa shape index (κ1) is 15.8. The zero-order valence-corrected chi connectivity index (χ0v) is 13.3. The van der Waals surface area contributed by atoms with Gasteiger partial charge in [-0.15, -0.1) is 0 Å². The number of halogens is 1. The number of hydrogen-bond donors (Lipinski definition) is 1. The zero-order valence-electron chi connectivity index (χ0n) is 12.6. The smallest absolute Gasteiger partial charge is 0.0409 e. The molecule has 2 N–H and O–H groups in total. The van der Waals surface area contributed by atoms with Crippen LogP contribution in [0.4, 0.5) is 0 Å². The molecule has 0 bridgehead atoms. The fourth-order valence-electron chi connectivity index (χ4n) is 2.88. The fourth-order valence-corrected chi connectivity index (χ4v) is 3.08. The summed E-state index contributed by atoms with van der Waals surface area (Å²) in [7, 11) is 4.34. The van der Waals surface area contributed by atoms with Crippen molar-refractivity contribution < 1.29 is 0 Å². The lowest BCUT2D eigenvalue weighted by Crippen LogP contribution is -2.45. The van der Waals surface area contributed by atoms with Crippen LogP contribution in [0.5, 0.6) is 0 Å². The first-order valence-corrected chi connectivity index (χ1v) is 7.84. The largest absolute Gasteiger partial charge is 0.324 e. The van der Waals surface area contributed by atoms with E-state index in [1.165, 1.54) is 19.4 Å². The lowest BCUT2D eigenvalue weighted by molar-refractivity contribution is 0.130. The van der Waals surface area contributed by atoms with Gasteiger partial charge in [-0.1, -0.05) is 23.7 Å². The monoisotopic (exact) mass is 295 g/mol. The first-order chi connectivity index (χ1) is 9.56. The van der Waals surface area contributed by atoms with Crippen molar-refractivity contribution in [3.8, 4) is 0 Å². The summed E-state index contributed by atoms with van der Waals surface area (Å²) in [5.41, 5.74) is 7.42. The first-order valence-electron chi connectivity index (χ1n) is 7.46. The summed E-state index contributed by atoms with van der Waals surface area (Å²) in [4.78, 5) is 4.88. The second kappa shape index (κ2) is 7.41. The van der Waals surface area contributed by atoms with E-state index < -0.39 is 0 Å². The molecule has 0 saturated carbocycles. The van der Waals surface area contributed by atoms with Crippen LogP contribution in [0.1, 0.15) is 30.9 Å². The Kier molecular flexibility index (Phi) is 5.85. The van der Waals surface area contributed by atoms with Gasteiger partial charge >= 0.3 is 0 Å². The summed E-state index contributed by atoms with van der Waals surface area (Å²) < 4.78 is 0. The number of likely N-dealkylation sites (N-methyl/N-ethyl adjacent to an activating group) is 1. The molecule has 1 saturated heterocycles. The summed E-state index contributed by atoms with van der Waals surface area (Å²) in [6.45, 7) is 3.43. The Bertz CT molecular complexity index is 422. The molecule has 1 aliphatic heterocycles. The highest BCUT2D eigenvalue weighted by atomic mass is 35.5. The van der Waals surface area contributed by atoms with Crippen LogP contribution >= 0.6 is 11.6 Å². The minimum absolute atomic E-state index is 0.0773. The van der Waals surface area contributed by atoms with E-state index in [1.807, 2.05) is 18.2 Å². The van der Waals surface area contributed by atoms with Crippen molar-refractivity contribution >= 4 is 11.6 Å². The number of piperidine rings is 1. The average molecular weight is 296 g/mol. The predicted molar refractivity (Wildman–Crippen MR) is 86.1 cm³/mol. The molecular weight excluding hydrogens is 270 g/mol. The third-order valence-corrected chi connectivity index (χ3v) is 4.48. The number of rotatable bonds is 5. The summed E-state index contributed by atoms with van der Waals surface area (Å²) in [6.07, 6.45) is 3.58. The van der Waals surface area contributed by atoms with E-state index in [2.05, 4.69) is 30.0 Å². The lowest BCUT2D eigenvalue weighted by atomic mass is 10.0. The quantitative estimate of drug-likeness (QED) is 0.906. The van der Waals surface area contributed by atoms with Crippen molar-refractivity contribution in [1.29, 1.82) is 0 Å². The van der Waals surface area contributed by atoms with Crippen molar-refractivity contribution in [3.63, 3.8) is 0 Å². The molecule has 0 aliphatic carbocycles. The van der Waals surface area contributed by atoms with Gasteiger partial charge in [-0.2, -0.15) is 0 Å². The Balaban J connectivity index is 1.82. The Morgan fingerprint density at radius 1 is 1.45 bits per heavy atom. The van der Waals surface area contributed by atoms with Gasteiger partial charge < -0.3 is 15.5 Å².